The van der Waals surface area contributed by atoms with Crippen molar-refractivity contribution in [3.63, 3.8) is 0 Å². The van der Waals surface area contributed by atoms with Gasteiger partial charge in [0.15, 0.2) is 11.6 Å². The Morgan fingerprint density at radius 2 is 0.893 bits per heavy atom. The van der Waals surface area contributed by atoms with Crippen molar-refractivity contribution in [2.24, 2.45) is 0 Å². The molecule has 262 valence electrons. The standard InChI is InChI=1S/C51H33N5/c1-4-16-34(17-5-1)37-22-14-23-38(32-37)39-24-15-25-40(33-39)55-45-28-12-10-26-41(45)43-30-31-44-42-27-11-13-29-46(42)56(48(44)47(43)55)51-53-49(35-18-6-2-7-19-35)52-50(54-51)36-20-8-3-9-21-36/h1-33H/i2D,6D,7D,10D,11D,18D,19D,28D,29D,30D,31D. The number of aromatic nitrogens is 5. The molecule has 0 aliphatic carbocycles. The van der Waals surface area contributed by atoms with E-state index in [1.807, 2.05) is 77.4 Å². The Bertz CT molecular complexity index is 3860. The summed E-state index contributed by atoms with van der Waals surface area (Å²) in [6, 6.07) is 37.1. The molecule has 0 saturated heterocycles. The van der Waals surface area contributed by atoms with E-state index in [2.05, 4.69) is 6.07 Å². The highest BCUT2D eigenvalue weighted by Crippen LogP contribution is 2.42. The van der Waals surface area contributed by atoms with E-state index in [0.29, 0.717) is 27.7 Å². The van der Waals surface area contributed by atoms with Crippen LogP contribution >= 0.6 is 0 Å². The molecule has 0 radical (unpaired) electrons. The molecule has 0 atom stereocenters. The second-order valence-corrected chi connectivity index (χ2v) is 13.2. The maximum Gasteiger partial charge on any atom is 0.238 e. The first kappa shape index (κ1) is 22.6. The SMILES string of the molecule is [2H]c1cc([2H])c2c(c1)c1c([2H])c([2H])c3c4cc([2H])cc([2H])c4n(-c4nc(-c5ccccc5)nc(-c5c([2H])c([2H])c([2H])c([2H])c5[2H])n4)c3c1n2-c1cccc(-c2cccc(-c3ccccc3)c2)c1. The van der Waals surface area contributed by atoms with E-state index in [0.717, 1.165) is 22.3 Å². The molecule has 5 nitrogen and oxygen atoms in total. The van der Waals surface area contributed by atoms with Gasteiger partial charge >= 0.3 is 0 Å². The molecule has 11 rings (SSSR count). The van der Waals surface area contributed by atoms with Gasteiger partial charge in [-0.2, -0.15) is 9.97 Å². The third-order valence-corrected chi connectivity index (χ3v) is 9.98. The summed E-state index contributed by atoms with van der Waals surface area (Å²) in [6.07, 6.45) is 0. The Hall–Kier alpha value is -7.63. The third-order valence-electron chi connectivity index (χ3n) is 9.98. The van der Waals surface area contributed by atoms with Crippen molar-refractivity contribution in [2.75, 3.05) is 0 Å². The molecule has 0 aliphatic heterocycles. The molecule has 0 fully saturated rings. The van der Waals surface area contributed by atoms with Gasteiger partial charge in [-0.25, -0.2) is 4.98 Å². The summed E-state index contributed by atoms with van der Waals surface area (Å²) in [5.74, 6) is -0.322. The molecule has 8 aromatic carbocycles. The van der Waals surface area contributed by atoms with Crippen molar-refractivity contribution < 1.29 is 15.1 Å². The van der Waals surface area contributed by atoms with Crippen LogP contribution in [-0.4, -0.2) is 24.1 Å². The Labute approximate surface area is 338 Å². The second-order valence-electron chi connectivity index (χ2n) is 13.2. The molecule has 0 aliphatic rings. The largest absolute Gasteiger partial charge is 0.307 e. The quantitative estimate of drug-likeness (QED) is 0.171. The lowest BCUT2D eigenvalue weighted by Gasteiger charge is -2.14. The zero-order chi connectivity index (χ0) is 46.6. The smallest absolute Gasteiger partial charge is 0.238 e. The van der Waals surface area contributed by atoms with Gasteiger partial charge in [0.05, 0.1) is 37.1 Å². The fourth-order valence-corrected chi connectivity index (χ4v) is 7.49. The van der Waals surface area contributed by atoms with E-state index >= 15 is 0 Å². The number of nitrogens with zero attached hydrogens (tertiary/aromatic N) is 5. The van der Waals surface area contributed by atoms with E-state index in [4.69, 9.17) is 24.5 Å². The lowest BCUT2D eigenvalue weighted by Crippen LogP contribution is -2.07. The molecule has 5 heteroatoms. The summed E-state index contributed by atoms with van der Waals surface area (Å²) in [5, 5.41) is 1.08. The molecule has 0 amide bonds. The van der Waals surface area contributed by atoms with Crippen LogP contribution < -0.4 is 0 Å². The first-order chi connectivity index (χ1) is 32.3. The van der Waals surface area contributed by atoms with Crippen molar-refractivity contribution >= 4 is 43.6 Å². The molecule has 0 bridgehead atoms. The summed E-state index contributed by atoms with van der Waals surface area (Å²) in [4.78, 5) is 14.5. The predicted molar refractivity (Wildman–Crippen MR) is 230 cm³/mol. The minimum Gasteiger partial charge on any atom is -0.307 e. The van der Waals surface area contributed by atoms with Gasteiger partial charge in [-0.1, -0.05) is 170 Å². The lowest BCUT2D eigenvalue weighted by atomic mass is 9.99. The van der Waals surface area contributed by atoms with Crippen LogP contribution in [0.25, 0.3) is 100 Å². The number of hydrogen-bond donors (Lipinski definition) is 0. The first-order valence-electron chi connectivity index (χ1n) is 23.5. The monoisotopic (exact) mass is 726 g/mol. The van der Waals surface area contributed by atoms with Gasteiger partial charge in [0.2, 0.25) is 5.95 Å². The second kappa shape index (κ2) is 13.0. The van der Waals surface area contributed by atoms with Crippen LogP contribution in [0.1, 0.15) is 15.1 Å². The number of rotatable bonds is 6. The molecule has 11 aromatic rings. The minimum absolute atomic E-state index is 0.0125. The first-order valence-corrected chi connectivity index (χ1v) is 18.0. The highest BCUT2D eigenvalue weighted by molar-refractivity contribution is 6.23. The summed E-state index contributed by atoms with van der Waals surface area (Å²) < 4.78 is 102. The van der Waals surface area contributed by atoms with Crippen LogP contribution in [0, 0.1) is 0 Å². The van der Waals surface area contributed by atoms with E-state index in [1.165, 1.54) is 18.2 Å². The Morgan fingerprint density at radius 3 is 1.57 bits per heavy atom. The summed E-state index contributed by atoms with van der Waals surface area (Å²) in [5.41, 5.74) is 5.70. The number of hydrogen-bond acceptors (Lipinski definition) is 3. The fourth-order valence-electron chi connectivity index (χ4n) is 7.49. The van der Waals surface area contributed by atoms with Crippen LogP contribution in [0.15, 0.2) is 200 Å². The molecule has 56 heavy (non-hydrogen) atoms. The van der Waals surface area contributed by atoms with Gasteiger partial charge in [0, 0.05) is 38.4 Å². The number of fused-ring (bicyclic) bond motifs is 7. The molecule has 0 unspecified atom stereocenters. The van der Waals surface area contributed by atoms with Crippen LogP contribution in [0.5, 0.6) is 0 Å². The fraction of sp³-hybridized carbons (Fsp3) is 0. The van der Waals surface area contributed by atoms with Gasteiger partial charge < -0.3 is 4.57 Å². The molecular weight excluding hydrogens is 683 g/mol. The van der Waals surface area contributed by atoms with Crippen LogP contribution in [0.2, 0.25) is 0 Å². The molecule has 0 N–H and O–H groups in total. The molecule has 0 spiro atoms. The molecule has 0 saturated carbocycles. The topological polar surface area (TPSA) is 48.5 Å². The maximum absolute atomic E-state index is 9.69. The van der Waals surface area contributed by atoms with Crippen LogP contribution in [-0.2, 0) is 0 Å². The Balaban J connectivity index is 1.32. The lowest BCUT2D eigenvalue weighted by molar-refractivity contribution is 0.953. The van der Waals surface area contributed by atoms with Crippen LogP contribution in [0.3, 0.4) is 0 Å². The number of benzene rings is 8. The van der Waals surface area contributed by atoms with Crippen molar-refractivity contribution in [2.45, 2.75) is 0 Å². The summed E-state index contributed by atoms with van der Waals surface area (Å²) >= 11 is 0. The van der Waals surface area contributed by atoms with Gasteiger partial charge in [-0.3, -0.25) is 4.57 Å². The van der Waals surface area contributed by atoms with Gasteiger partial charge in [-0.05, 0) is 52.5 Å². The van der Waals surface area contributed by atoms with Crippen molar-refractivity contribution in [1.29, 1.82) is 0 Å². The van der Waals surface area contributed by atoms with Gasteiger partial charge in [-0.15, -0.1) is 0 Å². The Morgan fingerprint density at radius 1 is 0.357 bits per heavy atom. The van der Waals surface area contributed by atoms with Crippen molar-refractivity contribution in [3.8, 4) is 56.7 Å². The van der Waals surface area contributed by atoms with Crippen molar-refractivity contribution in [1.82, 2.24) is 24.1 Å². The van der Waals surface area contributed by atoms with Crippen molar-refractivity contribution in [3.05, 3.63) is 200 Å². The summed E-state index contributed by atoms with van der Waals surface area (Å²) in [7, 11) is 0. The van der Waals surface area contributed by atoms with E-state index in [9.17, 15) is 5.48 Å². The average Bonchev–Trinajstić information content (AvgIpc) is 3.87. The Kier molecular flexibility index (Phi) is 5.25. The molecule has 3 aromatic heterocycles. The van der Waals surface area contributed by atoms with Gasteiger partial charge in [0.25, 0.3) is 0 Å². The summed E-state index contributed by atoms with van der Waals surface area (Å²) in [6.45, 7) is 0. The predicted octanol–water partition coefficient (Wildman–Crippen LogP) is 12.7. The molecular formula is C51H33N5. The average molecular weight is 727 g/mol. The maximum atomic E-state index is 9.69. The zero-order valence-corrected chi connectivity index (χ0v) is 29.4. The van der Waals surface area contributed by atoms with E-state index in [1.54, 1.807) is 41.0 Å². The highest BCUT2D eigenvalue weighted by Gasteiger charge is 2.23. The minimum atomic E-state index is -0.592. The normalized spacial score (nSPS) is 14.3. The number of para-hydroxylation sites is 2. The molecule has 3 heterocycles. The zero-order valence-electron chi connectivity index (χ0n) is 40.4. The highest BCUT2D eigenvalue weighted by atomic mass is 15.2. The van der Waals surface area contributed by atoms with Crippen LogP contribution in [0.4, 0.5) is 0 Å². The third kappa shape index (κ3) is 5.21. The van der Waals surface area contributed by atoms with Gasteiger partial charge in [0.1, 0.15) is 0 Å². The van der Waals surface area contributed by atoms with E-state index < -0.39 is 30.2 Å². The van der Waals surface area contributed by atoms with E-state index in [-0.39, 0.29) is 86.6 Å².